The minimum atomic E-state index is -0.612. The molecule has 1 heterocycles. The van der Waals surface area contributed by atoms with Crippen molar-refractivity contribution < 1.29 is 18.7 Å². The van der Waals surface area contributed by atoms with Gasteiger partial charge in [0.05, 0.1) is 12.6 Å². The van der Waals surface area contributed by atoms with Crippen LogP contribution in [0.1, 0.15) is 23.2 Å². The van der Waals surface area contributed by atoms with Gasteiger partial charge < -0.3 is 14.8 Å². The maximum absolute atomic E-state index is 13.9. The average molecular weight is 302 g/mol. The number of benzene rings is 1. The van der Waals surface area contributed by atoms with Gasteiger partial charge in [0.1, 0.15) is 17.1 Å². The zero-order chi connectivity index (χ0) is 14.6. The summed E-state index contributed by atoms with van der Waals surface area (Å²) in [7, 11) is 1.40. The number of halogens is 2. The Morgan fingerprint density at radius 3 is 2.80 bits per heavy atom. The lowest BCUT2D eigenvalue weighted by atomic mass is 9.91. The van der Waals surface area contributed by atoms with Gasteiger partial charge >= 0.3 is 0 Å². The molecule has 0 saturated carbocycles. The largest absolute Gasteiger partial charge is 0.496 e. The van der Waals surface area contributed by atoms with E-state index >= 15 is 0 Å². The van der Waals surface area contributed by atoms with Gasteiger partial charge in [-0.3, -0.25) is 4.79 Å². The van der Waals surface area contributed by atoms with E-state index in [9.17, 15) is 9.18 Å². The molecule has 2 rings (SSSR count). The highest BCUT2D eigenvalue weighted by atomic mass is 35.5. The molecule has 20 heavy (non-hydrogen) atoms. The molecule has 0 unspecified atom stereocenters. The Labute approximate surface area is 122 Å². The van der Waals surface area contributed by atoms with Gasteiger partial charge in [0.2, 0.25) is 0 Å². The summed E-state index contributed by atoms with van der Waals surface area (Å²) in [6, 6.07) is 4.28. The summed E-state index contributed by atoms with van der Waals surface area (Å²) in [4.78, 5) is 12.3. The first-order chi connectivity index (χ1) is 9.62. The Morgan fingerprint density at radius 2 is 2.20 bits per heavy atom. The molecule has 0 aromatic heterocycles. The lowest BCUT2D eigenvalue weighted by Gasteiger charge is -2.36. The molecular formula is C14H17ClFNO3. The number of carbonyl (C=O) groups is 1. The van der Waals surface area contributed by atoms with Gasteiger partial charge in [-0.05, 0) is 25.0 Å². The fourth-order valence-corrected chi connectivity index (χ4v) is 2.59. The van der Waals surface area contributed by atoms with E-state index in [4.69, 9.17) is 21.1 Å². The summed E-state index contributed by atoms with van der Waals surface area (Å²) >= 11 is 5.99. The van der Waals surface area contributed by atoms with E-state index in [0.29, 0.717) is 26.1 Å². The second-order valence-electron chi connectivity index (χ2n) is 4.80. The van der Waals surface area contributed by atoms with Crippen molar-refractivity contribution in [2.75, 3.05) is 26.2 Å². The number of hydrogen-bond donors (Lipinski definition) is 1. The van der Waals surface area contributed by atoms with Crippen LogP contribution in [0.2, 0.25) is 0 Å². The highest BCUT2D eigenvalue weighted by Gasteiger charge is 2.34. The number of amides is 1. The van der Waals surface area contributed by atoms with Crippen molar-refractivity contribution in [1.82, 2.24) is 5.32 Å². The molecule has 1 aliphatic heterocycles. The Balaban J connectivity index is 2.23. The van der Waals surface area contributed by atoms with Crippen LogP contribution in [0.15, 0.2) is 18.2 Å². The molecule has 0 aliphatic carbocycles. The average Bonchev–Trinajstić information content (AvgIpc) is 2.47. The third-order valence-corrected chi connectivity index (χ3v) is 4.02. The summed E-state index contributed by atoms with van der Waals surface area (Å²) in [5, 5.41) is 2.84. The van der Waals surface area contributed by atoms with Crippen molar-refractivity contribution in [3.05, 3.63) is 29.6 Å². The molecule has 110 valence electrons. The van der Waals surface area contributed by atoms with Crippen molar-refractivity contribution in [2.24, 2.45) is 0 Å². The van der Waals surface area contributed by atoms with Crippen LogP contribution < -0.4 is 10.1 Å². The fraction of sp³-hybridized carbons (Fsp3) is 0.500. The minimum absolute atomic E-state index is 0.0917. The van der Waals surface area contributed by atoms with E-state index < -0.39 is 17.3 Å². The Hall–Kier alpha value is -1.33. The fourth-order valence-electron chi connectivity index (χ4n) is 2.25. The smallest absolute Gasteiger partial charge is 0.258 e. The predicted octanol–water partition coefficient (Wildman–Crippen LogP) is 2.35. The van der Waals surface area contributed by atoms with E-state index in [1.807, 2.05) is 0 Å². The van der Waals surface area contributed by atoms with Crippen molar-refractivity contribution in [3.63, 3.8) is 0 Å². The molecule has 1 N–H and O–H groups in total. The standard InChI is InChI=1S/C14H17ClFNO3/c1-19-11-4-2-3-10(16)12(11)13(18)17-14(9-15)5-7-20-8-6-14/h2-4H,5-9H2,1H3,(H,17,18). The normalized spacial score (nSPS) is 17.6. The molecule has 1 fully saturated rings. The van der Waals surface area contributed by atoms with Gasteiger partial charge in [-0.2, -0.15) is 0 Å². The number of carbonyl (C=O) groups excluding carboxylic acids is 1. The molecule has 1 amide bonds. The molecule has 1 aromatic rings. The van der Waals surface area contributed by atoms with Crippen LogP contribution in [0.25, 0.3) is 0 Å². The second kappa shape index (κ2) is 6.41. The first-order valence-electron chi connectivity index (χ1n) is 6.40. The Bertz CT molecular complexity index is 489. The van der Waals surface area contributed by atoms with Crippen LogP contribution in [-0.4, -0.2) is 37.6 Å². The summed E-state index contributed by atoms with van der Waals surface area (Å²) in [5.74, 6) is -0.654. The van der Waals surface area contributed by atoms with Gasteiger partial charge in [-0.25, -0.2) is 4.39 Å². The van der Waals surface area contributed by atoms with E-state index in [-0.39, 0.29) is 17.2 Å². The zero-order valence-corrected chi connectivity index (χ0v) is 12.0. The zero-order valence-electron chi connectivity index (χ0n) is 11.2. The number of hydrogen-bond acceptors (Lipinski definition) is 3. The molecule has 1 saturated heterocycles. The molecule has 0 bridgehead atoms. The Kier molecular flexibility index (Phi) is 4.83. The van der Waals surface area contributed by atoms with Crippen LogP contribution in [0.5, 0.6) is 5.75 Å². The predicted molar refractivity (Wildman–Crippen MR) is 73.9 cm³/mol. The number of rotatable bonds is 4. The van der Waals surface area contributed by atoms with Crippen LogP contribution in [0.4, 0.5) is 4.39 Å². The van der Waals surface area contributed by atoms with Gasteiger partial charge in [0.15, 0.2) is 0 Å². The van der Waals surface area contributed by atoms with Crippen molar-refractivity contribution in [1.29, 1.82) is 0 Å². The third kappa shape index (κ3) is 3.04. The summed E-state index contributed by atoms with van der Waals surface area (Å²) in [6.07, 6.45) is 1.22. The first-order valence-corrected chi connectivity index (χ1v) is 6.94. The monoisotopic (exact) mass is 301 g/mol. The van der Waals surface area contributed by atoms with Crippen LogP contribution >= 0.6 is 11.6 Å². The van der Waals surface area contributed by atoms with Crippen LogP contribution in [0, 0.1) is 5.82 Å². The maximum atomic E-state index is 13.9. The molecule has 0 radical (unpaired) electrons. The highest BCUT2D eigenvalue weighted by Crippen LogP contribution is 2.26. The van der Waals surface area contributed by atoms with Crippen LogP contribution in [-0.2, 0) is 4.74 Å². The molecule has 4 nitrogen and oxygen atoms in total. The molecule has 1 aliphatic rings. The van der Waals surface area contributed by atoms with Gasteiger partial charge in [-0.1, -0.05) is 6.07 Å². The third-order valence-electron chi connectivity index (χ3n) is 3.51. The van der Waals surface area contributed by atoms with Gasteiger partial charge in [0.25, 0.3) is 5.91 Å². The van der Waals surface area contributed by atoms with E-state index in [0.717, 1.165) is 0 Å². The summed E-state index contributed by atoms with van der Waals surface area (Å²) < 4.78 is 24.2. The van der Waals surface area contributed by atoms with E-state index in [1.165, 1.54) is 19.2 Å². The van der Waals surface area contributed by atoms with Gasteiger partial charge in [-0.15, -0.1) is 11.6 Å². The van der Waals surface area contributed by atoms with Crippen LogP contribution in [0.3, 0.4) is 0 Å². The highest BCUT2D eigenvalue weighted by molar-refractivity contribution is 6.19. The first kappa shape index (κ1) is 15.1. The summed E-state index contributed by atoms with van der Waals surface area (Å²) in [6.45, 7) is 1.06. The van der Waals surface area contributed by atoms with Crippen molar-refractivity contribution in [2.45, 2.75) is 18.4 Å². The Morgan fingerprint density at radius 1 is 1.50 bits per heavy atom. The maximum Gasteiger partial charge on any atom is 0.258 e. The molecule has 0 atom stereocenters. The summed E-state index contributed by atoms with van der Waals surface area (Å²) in [5.41, 5.74) is -0.643. The van der Waals surface area contributed by atoms with E-state index in [1.54, 1.807) is 6.07 Å². The minimum Gasteiger partial charge on any atom is -0.496 e. The number of methoxy groups -OCH3 is 1. The van der Waals surface area contributed by atoms with Crippen molar-refractivity contribution in [3.8, 4) is 5.75 Å². The number of nitrogens with one attached hydrogen (secondary N) is 1. The number of ether oxygens (including phenoxy) is 2. The molecule has 1 aromatic carbocycles. The lowest BCUT2D eigenvalue weighted by Crippen LogP contribution is -2.53. The molecule has 0 spiro atoms. The van der Waals surface area contributed by atoms with Crippen molar-refractivity contribution >= 4 is 17.5 Å². The van der Waals surface area contributed by atoms with E-state index in [2.05, 4.69) is 5.32 Å². The second-order valence-corrected chi connectivity index (χ2v) is 5.06. The SMILES string of the molecule is COc1cccc(F)c1C(=O)NC1(CCl)CCOCC1. The molecular weight excluding hydrogens is 285 g/mol. The quantitative estimate of drug-likeness (QED) is 0.869. The lowest BCUT2D eigenvalue weighted by molar-refractivity contribution is 0.0432. The van der Waals surface area contributed by atoms with Gasteiger partial charge in [0, 0.05) is 19.1 Å². The topological polar surface area (TPSA) is 47.6 Å². The number of alkyl halides is 1. The molecule has 6 heteroatoms.